The fourth-order valence-corrected chi connectivity index (χ4v) is 4.94. The highest BCUT2D eigenvalue weighted by molar-refractivity contribution is 6.17. The summed E-state index contributed by atoms with van der Waals surface area (Å²) in [7, 11) is 0. The van der Waals surface area contributed by atoms with Gasteiger partial charge in [-0.25, -0.2) is 9.98 Å². The van der Waals surface area contributed by atoms with E-state index in [2.05, 4.69) is 13.8 Å². The zero-order chi connectivity index (χ0) is 20.9. The Hall–Kier alpha value is -3.06. The van der Waals surface area contributed by atoms with Crippen LogP contribution >= 0.6 is 0 Å². The lowest BCUT2D eigenvalue weighted by Crippen LogP contribution is -2.50. The Morgan fingerprint density at radius 1 is 0.862 bits per heavy atom. The maximum atomic E-state index is 11.2. The summed E-state index contributed by atoms with van der Waals surface area (Å²) in [5.41, 5.74) is 11.1. The fourth-order valence-electron chi connectivity index (χ4n) is 4.94. The molecule has 6 N–H and O–H groups in total. The van der Waals surface area contributed by atoms with Gasteiger partial charge in [0.2, 0.25) is 0 Å². The summed E-state index contributed by atoms with van der Waals surface area (Å²) in [5.74, 6) is -0.0854. The highest BCUT2D eigenvalue weighted by Crippen LogP contribution is 2.52. The number of benzene rings is 3. The lowest BCUT2D eigenvalue weighted by molar-refractivity contribution is 0.00279. The zero-order valence-electron chi connectivity index (χ0n) is 16.9. The summed E-state index contributed by atoms with van der Waals surface area (Å²) in [6.07, 6.45) is 0. The van der Waals surface area contributed by atoms with E-state index in [0.29, 0.717) is 50.2 Å². The molecule has 2 aliphatic heterocycles. The van der Waals surface area contributed by atoms with Crippen LogP contribution in [0.2, 0.25) is 0 Å². The van der Waals surface area contributed by atoms with Gasteiger partial charge in [-0.1, -0.05) is 13.8 Å². The van der Waals surface area contributed by atoms with E-state index in [4.69, 9.17) is 26.2 Å². The predicted molar refractivity (Wildman–Crippen MR) is 112 cm³/mol. The molecule has 3 aromatic carbocycles. The SMILES string of the molecule is CC1(C)COC(C)(C)C12N=c1ccc3c(O)c4c(N)ccc(N)c4c(O)c3c1=N2. The molecule has 0 saturated carbocycles. The van der Waals surface area contributed by atoms with Gasteiger partial charge in [-0.15, -0.1) is 0 Å². The van der Waals surface area contributed by atoms with Crippen LogP contribution in [0, 0.1) is 5.41 Å². The van der Waals surface area contributed by atoms with Crippen molar-refractivity contribution in [1.82, 2.24) is 0 Å². The van der Waals surface area contributed by atoms with Crippen molar-refractivity contribution in [2.75, 3.05) is 18.1 Å². The van der Waals surface area contributed by atoms with Crippen molar-refractivity contribution < 1.29 is 14.9 Å². The Morgan fingerprint density at radius 2 is 1.48 bits per heavy atom. The van der Waals surface area contributed by atoms with Crippen LogP contribution in [0.25, 0.3) is 21.5 Å². The molecule has 0 aliphatic carbocycles. The number of phenolic OH excluding ortho intramolecular Hbond substituents is 2. The van der Waals surface area contributed by atoms with E-state index in [0.717, 1.165) is 0 Å². The van der Waals surface area contributed by atoms with Crippen molar-refractivity contribution in [3.63, 3.8) is 0 Å². The number of ether oxygens (including phenoxy) is 1. The van der Waals surface area contributed by atoms with Gasteiger partial charge < -0.3 is 26.4 Å². The molecule has 1 atom stereocenters. The topological polar surface area (TPSA) is 126 Å². The maximum Gasteiger partial charge on any atom is 0.186 e. The Balaban J connectivity index is 2.01. The Kier molecular flexibility index (Phi) is 3.17. The molecule has 1 fully saturated rings. The Bertz CT molecular complexity index is 1340. The molecule has 7 heteroatoms. The van der Waals surface area contributed by atoms with Crippen molar-refractivity contribution in [3.05, 3.63) is 35.0 Å². The van der Waals surface area contributed by atoms with Gasteiger partial charge in [0.05, 0.1) is 33.5 Å². The molecule has 1 unspecified atom stereocenters. The van der Waals surface area contributed by atoms with E-state index < -0.39 is 11.3 Å². The third-order valence-corrected chi connectivity index (χ3v) is 6.52. The highest BCUT2D eigenvalue weighted by Gasteiger charge is 2.63. The lowest BCUT2D eigenvalue weighted by atomic mass is 9.74. The van der Waals surface area contributed by atoms with Gasteiger partial charge in [0.25, 0.3) is 0 Å². The first-order valence-electron chi connectivity index (χ1n) is 9.59. The van der Waals surface area contributed by atoms with Gasteiger partial charge in [0, 0.05) is 22.2 Å². The number of aromatic hydroxyl groups is 2. The number of fused-ring (bicyclic) bond motifs is 4. The van der Waals surface area contributed by atoms with Crippen LogP contribution in [0.15, 0.2) is 34.3 Å². The number of anilines is 2. The third kappa shape index (κ3) is 1.95. The molecular weight excluding hydrogens is 368 g/mol. The summed E-state index contributed by atoms with van der Waals surface area (Å²) in [6, 6.07) is 6.78. The van der Waals surface area contributed by atoms with Crippen molar-refractivity contribution in [2.24, 2.45) is 15.4 Å². The van der Waals surface area contributed by atoms with Crippen molar-refractivity contribution in [1.29, 1.82) is 0 Å². The minimum Gasteiger partial charge on any atom is -0.507 e. The van der Waals surface area contributed by atoms with Crippen LogP contribution in [0.3, 0.4) is 0 Å². The summed E-state index contributed by atoms with van der Waals surface area (Å²) in [6.45, 7) is 8.63. The molecule has 2 aliphatic rings. The number of hydrogen-bond donors (Lipinski definition) is 4. The van der Waals surface area contributed by atoms with Crippen LogP contribution in [0.4, 0.5) is 11.4 Å². The molecule has 5 rings (SSSR count). The molecule has 0 radical (unpaired) electrons. The maximum absolute atomic E-state index is 11.2. The number of nitrogens with zero attached hydrogens (tertiary/aromatic N) is 2. The van der Waals surface area contributed by atoms with E-state index in [1.165, 1.54) is 0 Å². The molecule has 0 aromatic heterocycles. The molecule has 2 heterocycles. The predicted octanol–water partition coefficient (Wildman–Crippen LogP) is 2.35. The van der Waals surface area contributed by atoms with Crippen LogP contribution in [-0.2, 0) is 4.74 Å². The largest absolute Gasteiger partial charge is 0.507 e. The normalized spacial score (nSPS) is 24.0. The van der Waals surface area contributed by atoms with E-state index in [9.17, 15) is 10.2 Å². The van der Waals surface area contributed by atoms with Crippen molar-refractivity contribution in [3.8, 4) is 11.5 Å². The Morgan fingerprint density at radius 3 is 2.07 bits per heavy atom. The first kappa shape index (κ1) is 18.0. The minimum atomic E-state index is -0.838. The monoisotopic (exact) mass is 392 g/mol. The number of nitrogen functional groups attached to an aromatic ring is 2. The van der Waals surface area contributed by atoms with E-state index in [1.54, 1.807) is 18.2 Å². The molecule has 0 bridgehead atoms. The van der Waals surface area contributed by atoms with Crippen LogP contribution in [0.5, 0.6) is 11.5 Å². The minimum absolute atomic E-state index is 0.0299. The second-order valence-corrected chi connectivity index (χ2v) is 9.13. The first-order valence-corrected chi connectivity index (χ1v) is 9.59. The highest BCUT2D eigenvalue weighted by atomic mass is 16.5. The average molecular weight is 392 g/mol. The number of rotatable bonds is 0. The van der Waals surface area contributed by atoms with E-state index in [-0.39, 0.29) is 16.9 Å². The molecule has 1 saturated heterocycles. The zero-order valence-corrected chi connectivity index (χ0v) is 16.9. The third-order valence-electron chi connectivity index (χ3n) is 6.52. The lowest BCUT2D eigenvalue weighted by Gasteiger charge is -2.38. The number of nitrogens with two attached hydrogens (primary N) is 2. The summed E-state index contributed by atoms with van der Waals surface area (Å²) in [4.78, 5) is 10.0. The fraction of sp³-hybridized carbons (Fsp3) is 0.364. The molecule has 29 heavy (non-hydrogen) atoms. The van der Waals surface area contributed by atoms with Crippen molar-refractivity contribution in [2.45, 2.75) is 39.0 Å². The molecule has 1 spiro atoms. The first-order chi connectivity index (χ1) is 13.5. The number of phenols is 2. The van der Waals surface area contributed by atoms with Crippen LogP contribution in [-0.4, -0.2) is 28.1 Å². The van der Waals surface area contributed by atoms with Gasteiger partial charge in [0.1, 0.15) is 17.1 Å². The summed E-state index contributed by atoms with van der Waals surface area (Å²) >= 11 is 0. The molecule has 3 aromatic rings. The quantitative estimate of drug-likeness (QED) is 0.265. The smallest absolute Gasteiger partial charge is 0.186 e. The number of hydrogen-bond acceptors (Lipinski definition) is 7. The molecule has 0 amide bonds. The van der Waals surface area contributed by atoms with Crippen molar-refractivity contribution >= 4 is 32.9 Å². The van der Waals surface area contributed by atoms with Crippen LogP contribution < -0.4 is 22.2 Å². The van der Waals surface area contributed by atoms with Crippen LogP contribution in [0.1, 0.15) is 27.7 Å². The summed E-state index contributed by atoms with van der Waals surface area (Å²) < 4.78 is 6.06. The van der Waals surface area contributed by atoms with Gasteiger partial charge >= 0.3 is 0 Å². The average Bonchev–Trinajstić information content (AvgIpc) is 3.14. The van der Waals surface area contributed by atoms with E-state index >= 15 is 0 Å². The second-order valence-electron chi connectivity index (χ2n) is 9.13. The summed E-state index contributed by atoms with van der Waals surface area (Å²) in [5, 5.41) is 24.9. The van der Waals surface area contributed by atoms with Gasteiger partial charge in [0.15, 0.2) is 5.66 Å². The molecule has 150 valence electrons. The van der Waals surface area contributed by atoms with E-state index in [1.807, 2.05) is 19.9 Å². The van der Waals surface area contributed by atoms with Gasteiger partial charge in [-0.05, 0) is 38.1 Å². The molecular formula is C22H24N4O3. The second kappa shape index (κ2) is 5.10. The van der Waals surface area contributed by atoms with Gasteiger partial charge in [-0.3, -0.25) is 0 Å². The Labute approximate surface area is 167 Å². The van der Waals surface area contributed by atoms with Gasteiger partial charge in [-0.2, -0.15) is 0 Å². The molecule has 7 nitrogen and oxygen atoms in total. The standard InChI is InChI=1S/C22H24N4O3/c1-20(2)9-29-21(3,4)22(20)25-13-8-5-10-14(17(13)26-22)19(28)16-12(24)7-6-11(23)15(16)18(10)27/h5-8,27-28H,9,23-24H2,1-4H3.